The van der Waals surface area contributed by atoms with Gasteiger partial charge in [0.05, 0.1) is 11.8 Å². The SMILES string of the molecule is Cc1noc(CSc2ccc(C(=O)N3CCNCC3c3cccnc3)cc2)n1. The number of aromatic nitrogens is 3. The molecule has 3 aromatic rings. The number of thioether (sulfide) groups is 1. The zero-order valence-corrected chi connectivity index (χ0v) is 16.4. The summed E-state index contributed by atoms with van der Waals surface area (Å²) in [5, 5.41) is 7.16. The van der Waals surface area contributed by atoms with E-state index in [1.54, 1.807) is 24.9 Å². The quantitative estimate of drug-likeness (QED) is 0.665. The van der Waals surface area contributed by atoms with E-state index in [1.165, 1.54) is 0 Å². The molecule has 1 aliphatic rings. The van der Waals surface area contributed by atoms with Crippen molar-refractivity contribution in [3.63, 3.8) is 0 Å². The van der Waals surface area contributed by atoms with Gasteiger partial charge in [-0.25, -0.2) is 0 Å². The molecule has 1 aliphatic heterocycles. The maximum atomic E-state index is 13.1. The average molecular weight is 395 g/mol. The van der Waals surface area contributed by atoms with Crippen LogP contribution < -0.4 is 5.32 Å². The van der Waals surface area contributed by atoms with Crippen molar-refractivity contribution < 1.29 is 9.32 Å². The highest BCUT2D eigenvalue weighted by Gasteiger charge is 2.28. The Morgan fingerprint density at radius 2 is 2.18 bits per heavy atom. The fraction of sp³-hybridized carbons (Fsp3) is 0.300. The lowest BCUT2D eigenvalue weighted by atomic mass is 10.0. The molecule has 4 rings (SSSR count). The van der Waals surface area contributed by atoms with Crippen LogP contribution in [0, 0.1) is 6.92 Å². The van der Waals surface area contributed by atoms with E-state index in [0.717, 1.165) is 23.5 Å². The third-order valence-electron chi connectivity index (χ3n) is 4.61. The Kier molecular flexibility index (Phi) is 5.68. The predicted molar refractivity (Wildman–Crippen MR) is 106 cm³/mol. The molecule has 1 amide bonds. The first-order valence-corrected chi connectivity index (χ1v) is 10.1. The van der Waals surface area contributed by atoms with E-state index < -0.39 is 0 Å². The molecule has 2 aromatic heterocycles. The standard InChI is InChI=1S/C20H21N5O2S/c1-14-23-19(27-24-14)13-28-17-6-4-15(5-7-17)20(26)25-10-9-22-12-18(25)16-3-2-8-21-11-16/h2-8,11,18,22H,9-10,12-13H2,1H3. The van der Waals surface area contributed by atoms with Crippen molar-refractivity contribution in [1.29, 1.82) is 0 Å². The van der Waals surface area contributed by atoms with E-state index >= 15 is 0 Å². The van der Waals surface area contributed by atoms with Crippen LogP contribution in [0.5, 0.6) is 0 Å². The molecule has 0 saturated carbocycles. The minimum atomic E-state index is -0.00947. The maximum absolute atomic E-state index is 13.1. The molecule has 1 aromatic carbocycles. The van der Waals surface area contributed by atoms with Crippen LogP contribution in [-0.4, -0.2) is 45.6 Å². The van der Waals surface area contributed by atoms with Gasteiger partial charge in [0.25, 0.3) is 5.91 Å². The number of hydrogen-bond acceptors (Lipinski definition) is 7. The number of nitrogens with zero attached hydrogens (tertiary/aromatic N) is 4. The Morgan fingerprint density at radius 1 is 1.32 bits per heavy atom. The molecule has 28 heavy (non-hydrogen) atoms. The summed E-state index contributed by atoms with van der Waals surface area (Å²) in [5.41, 5.74) is 1.74. The highest BCUT2D eigenvalue weighted by atomic mass is 32.2. The molecule has 8 heteroatoms. The fourth-order valence-electron chi connectivity index (χ4n) is 3.22. The smallest absolute Gasteiger partial charge is 0.254 e. The zero-order chi connectivity index (χ0) is 19.3. The van der Waals surface area contributed by atoms with Gasteiger partial charge in [-0.2, -0.15) is 4.98 Å². The molecule has 3 heterocycles. The van der Waals surface area contributed by atoms with Gasteiger partial charge in [-0.3, -0.25) is 9.78 Å². The summed E-state index contributed by atoms with van der Waals surface area (Å²) in [6, 6.07) is 11.6. The third-order valence-corrected chi connectivity index (χ3v) is 5.60. The topological polar surface area (TPSA) is 84.2 Å². The fourth-order valence-corrected chi connectivity index (χ4v) is 3.96. The molecule has 0 aliphatic carbocycles. The number of aryl methyl sites for hydroxylation is 1. The molecule has 0 bridgehead atoms. The second-order valence-electron chi connectivity index (χ2n) is 6.55. The Hall–Kier alpha value is -2.71. The van der Waals surface area contributed by atoms with Gasteiger partial charge < -0.3 is 14.7 Å². The van der Waals surface area contributed by atoms with E-state index in [-0.39, 0.29) is 11.9 Å². The van der Waals surface area contributed by atoms with Crippen LogP contribution in [0.4, 0.5) is 0 Å². The van der Waals surface area contributed by atoms with Gasteiger partial charge in [0.2, 0.25) is 5.89 Å². The lowest BCUT2D eigenvalue weighted by molar-refractivity contribution is 0.0634. The van der Waals surface area contributed by atoms with Crippen molar-refractivity contribution in [2.24, 2.45) is 0 Å². The molecule has 0 radical (unpaired) electrons. The largest absolute Gasteiger partial charge is 0.338 e. The van der Waals surface area contributed by atoms with Crippen LogP contribution in [0.2, 0.25) is 0 Å². The highest BCUT2D eigenvalue weighted by molar-refractivity contribution is 7.98. The summed E-state index contributed by atoms with van der Waals surface area (Å²) in [6.45, 7) is 3.99. The number of pyridine rings is 1. The monoisotopic (exact) mass is 395 g/mol. The van der Waals surface area contributed by atoms with Crippen LogP contribution in [0.15, 0.2) is 58.2 Å². The summed E-state index contributed by atoms with van der Waals surface area (Å²) in [4.78, 5) is 24.5. The molecular weight excluding hydrogens is 374 g/mol. The van der Waals surface area contributed by atoms with Gasteiger partial charge in [-0.15, -0.1) is 11.8 Å². The molecule has 0 spiro atoms. The van der Waals surface area contributed by atoms with Gasteiger partial charge in [0, 0.05) is 42.5 Å². The second kappa shape index (κ2) is 8.53. The van der Waals surface area contributed by atoms with Gasteiger partial charge in [-0.05, 0) is 42.8 Å². The van der Waals surface area contributed by atoms with E-state index in [2.05, 4.69) is 20.4 Å². The molecule has 1 atom stereocenters. The lowest BCUT2D eigenvalue weighted by Crippen LogP contribution is -2.48. The summed E-state index contributed by atoms with van der Waals surface area (Å²) in [7, 11) is 0. The first kappa shape index (κ1) is 18.6. The number of hydrogen-bond donors (Lipinski definition) is 1. The van der Waals surface area contributed by atoms with Crippen molar-refractivity contribution in [3.8, 4) is 0 Å². The van der Waals surface area contributed by atoms with E-state index in [4.69, 9.17) is 4.52 Å². The number of piperazine rings is 1. The minimum absolute atomic E-state index is 0.00947. The lowest BCUT2D eigenvalue weighted by Gasteiger charge is -2.36. The predicted octanol–water partition coefficient (Wildman–Crippen LogP) is 2.85. The first-order valence-electron chi connectivity index (χ1n) is 9.14. The van der Waals surface area contributed by atoms with Crippen LogP contribution in [0.3, 0.4) is 0 Å². The third kappa shape index (κ3) is 4.23. The van der Waals surface area contributed by atoms with Crippen LogP contribution in [0.25, 0.3) is 0 Å². The molecule has 144 valence electrons. The van der Waals surface area contributed by atoms with E-state index in [0.29, 0.717) is 29.6 Å². The highest BCUT2D eigenvalue weighted by Crippen LogP contribution is 2.26. The number of benzene rings is 1. The Balaban J connectivity index is 1.44. The molecule has 1 N–H and O–H groups in total. The zero-order valence-electron chi connectivity index (χ0n) is 15.5. The van der Waals surface area contributed by atoms with E-state index in [9.17, 15) is 4.79 Å². The minimum Gasteiger partial charge on any atom is -0.338 e. The van der Waals surface area contributed by atoms with Crippen molar-refractivity contribution in [1.82, 2.24) is 25.3 Å². The normalized spacial score (nSPS) is 16.9. The van der Waals surface area contributed by atoms with Gasteiger partial charge in [0.15, 0.2) is 5.82 Å². The summed E-state index contributed by atoms with van der Waals surface area (Å²) < 4.78 is 5.13. The van der Waals surface area contributed by atoms with Crippen molar-refractivity contribution in [2.45, 2.75) is 23.6 Å². The van der Waals surface area contributed by atoms with E-state index in [1.807, 2.05) is 47.5 Å². The number of rotatable bonds is 5. The van der Waals surface area contributed by atoms with Crippen LogP contribution in [0.1, 0.15) is 33.7 Å². The van der Waals surface area contributed by atoms with Crippen molar-refractivity contribution in [2.75, 3.05) is 19.6 Å². The van der Waals surface area contributed by atoms with Crippen molar-refractivity contribution >= 4 is 17.7 Å². The molecule has 7 nitrogen and oxygen atoms in total. The molecular formula is C20H21N5O2S. The molecule has 1 unspecified atom stereocenters. The summed E-state index contributed by atoms with van der Waals surface area (Å²) >= 11 is 1.60. The van der Waals surface area contributed by atoms with Gasteiger partial charge in [0.1, 0.15) is 0 Å². The molecule has 1 fully saturated rings. The Labute approximate surface area is 167 Å². The Bertz CT molecular complexity index is 929. The summed E-state index contributed by atoms with van der Waals surface area (Å²) in [6.07, 6.45) is 3.58. The van der Waals surface area contributed by atoms with Gasteiger partial charge >= 0.3 is 0 Å². The number of amides is 1. The Morgan fingerprint density at radius 3 is 2.89 bits per heavy atom. The second-order valence-corrected chi connectivity index (χ2v) is 7.60. The van der Waals surface area contributed by atoms with Gasteiger partial charge in [-0.1, -0.05) is 11.2 Å². The maximum Gasteiger partial charge on any atom is 0.254 e. The molecule has 1 saturated heterocycles. The van der Waals surface area contributed by atoms with Crippen LogP contribution >= 0.6 is 11.8 Å². The summed E-state index contributed by atoms with van der Waals surface area (Å²) in [5.74, 6) is 1.88. The average Bonchev–Trinajstić information content (AvgIpc) is 3.18. The van der Waals surface area contributed by atoms with Crippen LogP contribution in [-0.2, 0) is 5.75 Å². The number of nitrogens with one attached hydrogen (secondary N) is 1. The van der Waals surface area contributed by atoms with Crippen molar-refractivity contribution in [3.05, 3.63) is 71.6 Å². The number of carbonyl (C=O) groups excluding carboxylic acids is 1. The number of carbonyl (C=O) groups is 1. The first-order chi connectivity index (χ1) is 13.7.